The number of carbonyl (C=O) groups excluding carboxylic acids is 3. The minimum Gasteiger partial charge on any atom is -0.497 e. The fourth-order valence-electron chi connectivity index (χ4n) is 3.46. The molecule has 1 atom stereocenters. The number of hydrogen-bond acceptors (Lipinski definition) is 4. The van der Waals surface area contributed by atoms with E-state index in [4.69, 9.17) is 4.74 Å². The molecule has 0 unspecified atom stereocenters. The maximum atomic E-state index is 12.8. The number of nitrogens with zero attached hydrogens (tertiary/aromatic N) is 1. The second-order valence-corrected chi connectivity index (χ2v) is 7.15. The van der Waals surface area contributed by atoms with Crippen LogP contribution in [-0.2, 0) is 11.3 Å². The molecule has 0 aliphatic carbocycles. The average molecular weight is 380 g/mol. The number of Topliss-reactive ketones (excluding diaryl/α,β-unsaturated/α-hetero) is 1. The second kappa shape index (κ2) is 8.25. The minimum absolute atomic E-state index is 0.0886. The number of fused-ring (bicyclic) bond motifs is 1. The summed E-state index contributed by atoms with van der Waals surface area (Å²) < 4.78 is 5.08. The van der Waals surface area contributed by atoms with Gasteiger partial charge in [-0.1, -0.05) is 32.0 Å². The minimum atomic E-state index is -0.636. The van der Waals surface area contributed by atoms with Crippen molar-refractivity contribution in [3.63, 3.8) is 0 Å². The molecule has 1 aliphatic heterocycles. The van der Waals surface area contributed by atoms with Crippen LogP contribution in [0.3, 0.4) is 0 Å². The summed E-state index contributed by atoms with van der Waals surface area (Å²) >= 11 is 0. The molecule has 2 aromatic rings. The number of methoxy groups -OCH3 is 1. The first-order valence-corrected chi connectivity index (χ1v) is 9.26. The highest BCUT2D eigenvalue weighted by molar-refractivity contribution is 6.03. The van der Waals surface area contributed by atoms with Crippen LogP contribution in [0, 0.1) is 5.92 Å². The molecule has 146 valence electrons. The van der Waals surface area contributed by atoms with E-state index in [0.717, 1.165) is 5.56 Å². The first-order valence-electron chi connectivity index (χ1n) is 9.26. The molecule has 6 nitrogen and oxygen atoms in total. The quantitative estimate of drug-likeness (QED) is 0.750. The van der Waals surface area contributed by atoms with Gasteiger partial charge in [-0.15, -0.1) is 0 Å². The van der Waals surface area contributed by atoms with Gasteiger partial charge in [0.1, 0.15) is 11.8 Å². The number of carbonyl (C=O) groups is 3. The smallest absolute Gasteiger partial charge is 0.255 e. The van der Waals surface area contributed by atoms with Gasteiger partial charge in [-0.05, 0) is 41.8 Å². The van der Waals surface area contributed by atoms with Crippen molar-refractivity contribution < 1.29 is 19.1 Å². The summed E-state index contributed by atoms with van der Waals surface area (Å²) in [4.78, 5) is 39.5. The predicted octanol–water partition coefficient (Wildman–Crippen LogP) is 2.67. The fraction of sp³-hybridized carbons (Fsp3) is 0.318. The van der Waals surface area contributed by atoms with E-state index in [1.165, 1.54) is 0 Å². The molecule has 0 radical (unpaired) electrons. The number of nitrogens with one attached hydrogen (secondary N) is 1. The Hall–Kier alpha value is -3.15. The van der Waals surface area contributed by atoms with E-state index >= 15 is 0 Å². The van der Waals surface area contributed by atoms with Crippen LogP contribution in [0.4, 0.5) is 0 Å². The Bertz CT molecular complexity index is 890. The van der Waals surface area contributed by atoms with Crippen molar-refractivity contribution in [2.24, 2.45) is 5.92 Å². The van der Waals surface area contributed by atoms with Crippen LogP contribution in [0.25, 0.3) is 0 Å². The third kappa shape index (κ3) is 3.91. The lowest BCUT2D eigenvalue weighted by atomic mass is 10.0. The van der Waals surface area contributed by atoms with Crippen LogP contribution in [0.15, 0.2) is 48.5 Å². The molecule has 2 amide bonds. The summed E-state index contributed by atoms with van der Waals surface area (Å²) in [6.45, 7) is 4.07. The zero-order valence-electron chi connectivity index (χ0n) is 16.3. The molecule has 0 saturated heterocycles. The summed E-state index contributed by atoms with van der Waals surface area (Å²) in [7, 11) is 1.56. The van der Waals surface area contributed by atoms with Gasteiger partial charge < -0.3 is 15.0 Å². The van der Waals surface area contributed by atoms with Crippen LogP contribution in [-0.4, -0.2) is 42.2 Å². The van der Waals surface area contributed by atoms with Gasteiger partial charge in [-0.2, -0.15) is 0 Å². The molecule has 1 heterocycles. The van der Waals surface area contributed by atoms with Crippen molar-refractivity contribution in [1.29, 1.82) is 0 Å². The Morgan fingerprint density at radius 1 is 1.11 bits per heavy atom. The Morgan fingerprint density at radius 3 is 2.39 bits per heavy atom. The van der Waals surface area contributed by atoms with E-state index in [1.807, 2.05) is 32.0 Å². The van der Waals surface area contributed by atoms with Gasteiger partial charge in [0.2, 0.25) is 5.91 Å². The van der Waals surface area contributed by atoms with Gasteiger partial charge >= 0.3 is 0 Å². The van der Waals surface area contributed by atoms with E-state index < -0.39 is 6.04 Å². The third-order valence-electron chi connectivity index (χ3n) is 4.92. The highest BCUT2D eigenvalue weighted by atomic mass is 16.5. The summed E-state index contributed by atoms with van der Waals surface area (Å²) in [6, 6.07) is 13.5. The molecule has 0 aromatic heterocycles. The Kier molecular flexibility index (Phi) is 5.78. The van der Waals surface area contributed by atoms with Crippen LogP contribution in [0.5, 0.6) is 5.75 Å². The zero-order chi connectivity index (χ0) is 20.3. The fourth-order valence-corrected chi connectivity index (χ4v) is 3.46. The highest BCUT2D eigenvalue weighted by Crippen LogP contribution is 2.27. The second-order valence-electron chi connectivity index (χ2n) is 7.15. The first kappa shape index (κ1) is 19.6. The molecule has 28 heavy (non-hydrogen) atoms. The van der Waals surface area contributed by atoms with Gasteiger partial charge in [0.25, 0.3) is 5.91 Å². The topological polar surface area (TPSA) is 75.7 Å². The van der Waals surface area contributed by atoms with Gasteiger partial charge in [-0.25, -0.2) is 0 Å². The lowest BCUT2D eigenvalue weighted by Crippen LogP contribution is -2.50. The maximum absolute atomic E-state index is 12.8. The Labute approximate surface area is 164 Å². The van der Waals surface area contributed by atoms with Crippen LogP contribution < -0.4 is 10.1 Å². The molecule has 0 fully saturated rings. The standard InChI is InChI=1S/C22H24N2O4/c1-14(2)20(24-13-16-6-4-5-7-18(16)22(24)27)21(26)23-12-19(25)15-8-10-17(28-3)11-9-15/h4-11,14,20H,12-13H2,1-3H3,(H,23,26)/t20-/m1/s1. The van der Waals surface area contributed by atoms with E-state index in [9.17, 15) is 14.4 Å². The van der Waals surface area contributed by atoms with Crippen molar-refractivity contribution in [3.8, 4) is 5.75 Å². The summed E-state index contributed by atoms with van der Waals surface area (Å²) in [6.07, 6.45) is 0. The molecule has 1 N–H and O–H groups in total. The van der Waals surface area contributed by atoms with Crippen LogP contribution in [0.2, 0.25) is 0 Å². The molecule has 2 aromatic carbocycles. The number of hydrogen-bond donors (Lipinski definition) is 1. The lowest BCUT2D eigenvalue weighted by Gasteiger charge is -2.29. The SMILES string of the molecule is COc1ccc(C(=O)CNC(=O)[C@@H](C(C)C)N2Cc3ccccc3C2=O)cc1. The van der Waals surface area contributed by atoms with E-state index in [0.29, 0.717) is 23.4 Å². The Morgan fingerprint density at radius 2 is 1.79 bits per heavy atom. The Balaban J connectivity index is 1.67. The van der Waals surface area contributed by atoms with Crippen molar-refractivity contribution in [2.45, 2.75) is 26.4 Å². The van der Waals surface area contributed by atoms with E-state index in [2.05, 4.69) is 5.32 Å². The lowest BCUT2D eigenvalue weighted by molar-refractivity contribution is -0.127. The molecule has 0 spiro atoms. The first-order chi connectivity index (χ1) is 13.4. The number of ether oxygens (including phenoxy) is 1. The number of rotatable bonds is 7. The molecule has 0 bridgehead atoms. The van der Waals surface area contributed by atoms with Crippen LogP contribution in [0.1, 0.15) is 40.1 Å². The monoisotopic (exact) mass is 380 g/mol. The van der Waals surface area contributed by atoms with E-state index in [1.54, 1.807) is 42.3 Å². The van der Waals surface area contributed by atoms with Crippen LogP contribution >= 0.6 is 0 Å². The molecule has 1 aliphatic rings. The normalized spacial score (nSPS) is 14.0. The third-order valence-corrected chi connectivity index (χ3v) is 4.92. The molecule has 3 rings (SSSR count). The number of benzene rings is 2. The summed E-state index contributed by atoms with van der Waals surface area (Å²) in [5.74, 6) is -0.0968. The summed E-state index contributed by atoms with van der Waals surface area (Å²) in [5.41, 5.74) is 2.04. The molecular formula is C22H24N2O4. The average Bonchev–Trinajstić information content (AvgIpc) is 3.02. The highest BCUT2D eigenvalue weighted by Gasteiger charge is 2.37. The van der Waals surface area contributed by atoms with Gasteiger partial charge in [0.05, 0.1) is 13.7 Å². The number of amides is 2. The largest absolute Gasteiger partial charge is 0.497 e. The van der Waals surface area contributed by atoms with Crippen molar-refractivity contribution >= 4 is 17.6 Å². The van der Waals surface area contributed by atoms with Gasteiger partial charge in [-0.3, -0.25) is 14.4 Å². The summed E-state index contributed by atoms with van der Waals surface area (Å²) in [5, 5.41) is 2.70. The predicted molar refractivity (Wildman–Crippen MR) is 105 cm³/mol. The number of ketones is 1. The van der Waals surface area contributed by atoms with Crippen molar-refractivity contribution in [3.05, 3.63) is 65.2 Å². The zero-order valence-corrected chi connectivity index (χ0v) is 16.3. The van der Waals surface area contributed by atoms with Gasteiger partial charge in [0, 0.05) is 17.7 Å². The van der Waals surface area contributed by atoms with Gasteiger partial charge in [0.15, 0.2) is 5.78 Å². The molecule has 0 saturated carbocycles. The van der Waals surface area contributed by atoms with Crippen molar-refractivity contribution in [2.75, 3.05) is 13.7 Å². The molecule has 6 heteroatoms. The van der Waals surface area contributed by atoms with E-state index in [-0.39, 0.29) is 30.1 Å². The van der Waals surface area contributed by atoms with Crippen molar-refractivity contribution in [1.82, 2.24) is 10.2 Å². The molecular weight excluding hydrogens is 356 g/mol. The maximum Gasteiger partial charge on any atom is 0.255 e.